The maximum Gasteiger partial charge on any atom is 0.253 e. The summed E-state index contributed by atoms with van der Waals surface area (Å²) in [7, 11) is 0. The Bertz CT molecular complexity index is 522. The number of rotatable bonds is 3. The Hall–Kier alpha value is -1.14. The molecule has 2 heterocycles. The highest BCUT2D eigenvalue weighted by atomic mass is 35.5. The van der Waals surface area contributed by atoms with E-state index in [1.807, 2.05) is 17.0 Å². The van der Waals surface area contributed by atoms with Crippen molar-refractivity contribution in [3.63, 3.8) is 0 Å². The van der Waals surface area contributed by atoms with E-state index in [-0.39, 0.29) is 30.5 Å². The largest absolute Gasteiger partial charge is 0.373 e. The van der Waals surface area contributed by atoms with E-state index in [1.165, 1.54) is 5.56 Å². The van der Waals surface area contributed by atoms with Crippen LogP contribution < -0.4 is 5.32 Å². The quantitative estimate of drug-likeness (QED) is 0.899. The van der Waals surface area contributed by atoms with Gasteiger partial charge in [-0.15, -0.1) is 12.4 Å². The highest BCUT2D eigenvalue weighted by molar-refractivity contribution is 5.94. The maximum absolute atomic E-state index is 12.5. The molecule has 3 rings (SSSR count). The predicted molar refractivity (Wildman–Crippen MR) is 97.7 cm³/mol. The van der Waals surface area contributed by atoms with Crippen LogP contribution in [-0.2, 0) is 11.3 Å². The number of carbonyl (C=O) groups is 1. The Kier molecular flexibility index (Phi) is 7.04. The van der Waals surface area contributed by atoms with Gasteiger partial charge in [0.05, 0.1) is 12.2 Å². The molecular formula is C18H28ClN3O2. The molecule has 1 amide bonds. The van der Waals surface area contributed by atoms with Crippen LogP contribution in [-0.4, -0.2) is 67.2 Å². The van der Waals surface area contributed by atoms with Crippen LogP contribution in [0.1, 0.15) is 29.8 Å². The number of halogens is 1. The van der Waals surface area contributed by atoms with Gasteiger partial charge in [0.1, 0.15) is 0 Å². The van der Waals surface area contributed by atoms with Crippen LogP contribution in [0.4, 0.5) is 0 Å². The van der Waals surface area contributed by atoms with Gasteiger partial charge in [-0.05, 0) is 31.5 Å². The highest BCUT2D eigenvalue weighted by Crippen LogP contribution is 2.15. The molecule has 1 aromatic carbocycles. The minimum Gasteiger partial charge on any atom is -0.373 e. The molecule has 5 nitrogen and oxygen atoms in total. The predicted octanol–water partition coefficient (Wildman–Crippen LogP) is 1.76. The number of hydrogen-bond acceptors (Lipinski definition) is 4. The van der Waals surface area contributed by atoms with Gasteiger partial charge in [0.25, 0.3) is 5.91 Å². The van der Waals surface area contributed by atoms with E-state index in [4.69, 9.17) is 4.74 Å². The Morgan fingerprint density at radius 2 is 1.71 bits per heavy atom. The summed E-state index contributed by atoms with van der Waals surface area (Å²) >= 11 is 0. The Morgan fingerprint density at radius 3 is 2.29 bits per heavy atom. The molecule has 2 fully saturated rings. The van der Waals surface area contributed by atoms with Crippen LogP contribution in [0, 0.1) is 0 Å². The van der Waals surface area contributed by atoms with Gasteiger partial charge in [-0.1, -0.05) is 12.1 Å². The van der Waals surface area contributed by atoms with E-state index in [2.05, 4.69) is 36.2 Å². The van der Waals surface area contributed by atoms with E-state index in [1.54, 1.807) is 0 Å². The molecule has 2 saturated heterocycles. The lowest BCUT2D eigenvalue weighted by Crippen LogP contribution is -2.46. The number of piperazine rings is 1. The first-order valence-electron chi connectivity index (χ1n) is 8.58. The second kappa shape index (κ2) is 8.81. The molecule has 6 heteroatoms. The van der Waals surface area contributed by atoms with Crippen LogP contribution in [0.5, 0.6) is 0 Å². The van der Waals surface area contributed by atoms with Gasteiger partial charge in [0.15, 0.2) is 0 Å². The standard InChI is InChI=1S/C18H27N3O2.ClH/c1-14-11-20(12-15(2)23-14)13-16-3-5-17(6-4-16)18(22)21-9-7-19-8-10-21;/h3-6,14-15,19H,7-13H2,1-2H3;1H. The average Bonchev–Trinajstić information content (AvgIpc) is 2.55. The third-order valence-electron chi connectivity index (χ3n) is 4.51. The van der Waals surface area contributed by atoms with Crippen LogP contribution in [0.15, 0.2) is 24.3 Å². The van der Waals surface area contributed by atoms with E-state index in [9.17, 15) is 4.79 Å². The molecule has 1 aromatic rings. The summed E-state index contributed by atoms with van der Waals surface area (Å²) in [6, 6.07) is 8.10. The molecule has 2 aliphatic rings. The molecule has 0 spiro atoms. The molecule has 0 aromatic heterocycles. The molecule has 2 aliphatic heterocycles. The maximum atomic E-state index is 12.5. The lowest BCUT2D eigenvalue weighted by atomic mass is 10.1. The fraction of sp³-hybridized carbons (Fsp3) is 0.611. The molecule has 0 aliphatic carbocycles. The third-order valence-corrected chi connectivity index (χ3v) is 4.51. The lowest BCUT2D eigenvalue weighted by molar-refractivity contribution is -0.0704. The molecule has 2 atom stereocenters. The molecule has 24 heavy (non-hydrogen) atoms. The topological polar surface area (TPSA) is 44.8 Å². The van der Waals surface area contributed by atoms with E-state index in [0.717, 1.165) is 51.4 Å². The Morgan fingerprint density at radius 1 is 1.12 bits per heavy atom. The number of nitrogens with one attached hydrogen (secondary N) is 1. The number of benzene rings is 1. The van der Waals surface area contributed by atoms with Gasteiger partial charge >= 0.3 is 0 Å². The number of carbonyl (C=O) groups excluding carboxylic acids is 1. The average molecular weight is 354 g/mol. The first-order chi connectivity index (χ1) is 11.1. The summed E-state index contributed by atoms with van der Waals surface area (Å²) in [5.74, 6) is 0.145. The summed E-state index contributed by atoms with van der Waals surface area (Å²) in [4.78, 5) is 16.8. The van der Waals surface area contributed by atoms with Crippen molar-refractivity contribution in [3.8, 4) is 0 Å². The summed E-state index contributed by atoms with van der Waals surface area (Å²) in [5.41, 5.74) is 2.04. The van der Waals surface area contributed by atoms with Crippen molar-refractivity contribution in [1.82, 2.24) is 15.1 Å². The van der Waals surface area contributed by atoms with Crippen molar-refractivity contribution >= 4 is 18.3 Å². The van der Waals surface area contributed by atoms with Crippen LogP contribution in [0.2, 0.25) is 0 Å². The molecule has 0 radical (unpaired) electrons. The van der Waals surface area contributed by atoms with Gasteiger partial charge in [-0.3, -0.25) is 9.69 Å². The number of ether oxygens (including phenoxy) is 1. The summed E-state index contributed by atoms with van der Waals surface area (Å²) in [6.45, 7) is 10.5. The molecule has 1 N–H and O–H groups in total. The summed E-state index contributed by atoms with van der Waals surface area (Å²) in [5, 5.41) is 3.27. The zero-order valence-corrected chi connectivity index (χ0v) is 15.3. The number of nitrogens with zero attached hydrogens (tertiary/aromatic N) is 2. The number of amides is 1. The fourth-order valence-electron chi connectivity index (χ4n) is 3.47. The van der Waals surface area contributed by atoms with Crippen LogP contribution in [0.3, 0.4) is 0 Å². The highest BCUT2D eigenvalue weighted by Gasteiger charge is 2.22. The van der Waals surface area contributed by atoms with Crippen LogP contribution >= 0.6 is 12.4 Å². The molecular weight excluding hydrogens is 326 g/mol. The van der Waals surface area contributed by atoms with Crippen molar-refractivity contribution in [3.05, 3.63) is 35.4 Å². The van der Waals surface area contributed by atoms with E-state index < -0.39 is 0 Å². The van der Waals surface area contributed by atoms with Crippen molar-refractivity contribution in [1.29, 1.82) is 0 Å². The van der Waals surface area contributed by atoms with Gasteiger partial charge in [-0.25, -0.2) is 0 Å². The molecule has 0 bridgehead atoms. The number of morpholine rings is 1. The third kappa shape index (κ3) is 4.93. The summed E-state index contributed by atoms with van der Waals surface area (Å²) < 4.78 is 5.77. The normalized spacial score (nSPS) is 25.2. The first kappa shape index (κ1) is 19.2. The van der Waals surface area contributed by atoms with E-state index >= 15 is 0 Å². The molecule has 2 unspecified atom stereocenters. The Labute approximate surface area is 150 Å². The van der Waals surface area contributed by atoms with E-state index in [0.29, 0.717) is 0 Å². The van der Waals surface area contributed by atoms with Gasteiger partial charge < -0.3 is 15.0 Å². The first-order valence-corrected chi connectivity index (χ1v) is 8.58. The summed E-state index contributed by atoms with van der Waals surface area (Å²) in [6.07, 6.45) is 0.569. The number of hydrogen-bond donors (Lipinski definition) is 1. The lowest BCUT2D eigenvalue weighted by Gasteiger charge is -2.35. The van der Waals surface area contributed by atoms with Gasteiger partial charge in [0, 0.05) is 51.4 Å². The SMILES string of the molecule is CC1CN(Cc2ccc(C(=O)N3CCNCC3)cc2)CC(C)O1.Cl. The molecule has 134 valence electrons. The van der Waals surface area contributed by atoms with Gasteiger partial charge in [0.2, 0.25) is 0 Å². The fourth-order valence-corrected chi connectivity index (χ4v) is 3.47. The molecule has 0 saturated carbocycles. The van der Waals surface area contributed by atoms with Crippen LogP contribution in [0.25, 0.3) is 0 Å². The van der Waals surface area contributed by atoms with Crippen molar-refractivity contribution in [2.24, 2.45) is 0 Å². The van der Waals surface area contributed by atoms with Gasteiger partial charge in [-0.2, -0.15) is 0 Å². The zero-order valence-electron chi connectivity index (χ0n) is 14.5. The zero-order chi connectivity index (χ0) is 16.2. The second-order valence-electron chi connectivity index (χ2n) is 6.69. The second-order valence-corrected chi connectivity index (χ2v) is 6.69. The van der Waals surface area contributed by atoms with Crippen molar-refractivity contribution in [2.45, 2.75) is 32.6 Å². The minimum absolute atomic E-state index is 0. The van der Waals surface area contributed by atoms with Crippen molar-refractivity contribution < 1.29 is 9.53 Å². The van der Waals surface area contributed by atoms with Crippen molar-refractivity contribution in [2.75, 3.05) is 39.3 Å². The monoisotopic (exact) mass is 353 g/mol. The minimum atomic E-state index is 0. The smallest absolute Gasteiger partial charge is 0.253 e. The Balaban J connectivity index is 0.00000208.